The molecule has 18 heavy (non-hydrogen) atoms. The molecule has 98 valence electrons. The number of halogens is 1. The van der Waals surface area contributed by atoms with Crippen LogP contribution in [-0.4, -0.2) is 47.3 Å². The van der Waals surface area contributed by atoms with Crippen LogP contribution in [0.1, 0.15) is 12.8 Å². The van der Waals surface area contributed by atoms with Crippen LogP contribution >= 0.6 is 0 Å². The van der Waals surface area contributed by atoms with Crippen LogP contribution in [-0.2, 0) is 0 Å². The van der Waals surface area contributed by atoms with E-state index in [2.05, 4.69) is 4.98 Å². The minimum absolute atomic E-state index is 0.0173. The van der Waals surface area contributed by atoms with Crippen molar-refractivity contribution in [3.8, 4) is 0 Å². The number of aromatic nitrogens is 1. The average Bonchev–Trinajstić information content (AvgIpc) is 2.38. The van der Waals surface area contributed by atoms with Gasteiger partial charge in [0.2, 0.25) is 0 Å². The Bertz CT molecular complexity index is 433. The summed E-state index contributed by atoms with van der Waals surface area (Å²) in [4.78, 5) is 17.8. The minimum atomic E-state index is -0.913. The molecule has 0 aliphatic carbocycles. The van der Waals surface area contributed by atoms with Crippen LogP contribution in [0, 0.1) is 5.82 Å². The second-order valence-corrected chi connectivity index (χ2v) is 4.44. The summed E-state index contributed by atoms with van der Waals surface area (Å²) < 4.78 is 13.5. The first-order chi connectivity index (χ1) is 8.59. The molecule has 1 aliphatic rings. The molecule has 0 unspecified atom stereocenters. The van der Waals surface area contributed by atoms with E-state index >= 15 is 0 Å². The van der Waals surface area contributed by atoms with Gasteiger partial charge in [0.15, 0.2) is 5.82 Å². The molecule has 1 N–H and O–H groups in total. The molecule has 1 aromatic rings. The lowest BCUT2D eigenvalue weighted by Crippen LogP contribution is -2.45. The van der Waals surface area contributed by atoms with Gasteiger partial charge in [-0.1, -0.05) is 0 Å². The topological polar surface area (TPSA) is 56.7 Å². The molecule has 0 atom stereocenters. The number of rotatable bonds is 2. The first kappa shape index (κ1) is 12.6. The monoisotopic (exact) mass is 253 g/mol. The van der Waals surface area contributed by atoms with Crippen molar-refractivity contribution < 1.29 is 14.3 Å². The lowest BCUT2D eigenvalue weighted by molar-refractivity contribution is 0.131. The van der Waals surface area contributed by atoms with Crippen LogP contribution in [0.5, 0.6) is 0 Å². The number of hydrogen-bond acceptors (Lipinski definition) is 3. The van der Waals surface area contributed by atoms with E-state index in [0.717, 1.165) is 0 Å². The van der Waals surface area contributed by atoms with E-state index in [1.807, 2.05) is 4.90 Å². The fourth-order valence-corrected chi connectivity index (χ4v) is 2.27. The summed E-state index contributed by atoms with van der Waals surface area (Å²) in [5.74, 6) is -0.331. The van der Waals surface area contributed by atoms with Gasteiger partial charge in [-0.05, 0) is 18.9 Å². The fourth-order valence-electron chi connectivity index (χ4n) is 2.27. The molecule has 1 fully saturated rings. The smallest absolute Gasteiger partial charge is 0.407 e. The lowest BCUT2D eigenvalue weighted by atomic mass is 10.0. The van der Waals surface area contributed by atoms with Crippen molar-refractivity contribution in [1.29, 1.82) is 0 Å². The van der Waals surface area contributed by atoms with Gasteiger partial charge in [0.1, 0.15) is 0 Å². The predicted octanol–water partition coefficient (Wildman–Crippen LogP) is 1.80. The molecule has 0 spiro atoms. The van der Waals surface area contributed by atoms with Crippen molar-refractivity contribution in [2.45, 2.75) is 18.9 Å². The van der Waals surface area contributed by atoms with Crippen molar-refractivity contribution in [2.75, 3.05) is 25.0 Å². The molecule has 0 aromatic carbocycles. The van der Waals surface area contributed by atoms with E-state index in [4.69, 9.17) is 5.11 Å². The number of amides is 1. The predicted molar refractivity (Wildman–Crippen MR) is 65.2 cm³/mol. The van der Waals surface area contributed by atoms with Crippen LogP contribution in [0.3, 0.4) is 0 Å². The average molecular weight is 253 g/mol. The molecule has 1 aliphatic heterocycles. The maximum absolute atomic E-state index is 13.5. The van der Waals surface area contributed by atoms with Gasteiger partial charge in [0.05, 0.1) is 11.9 Å². The molecule has 1 aromatic heterocycles. The zero-order chi connectivity index (χ0) is 13.1. The first-order valence-corrected chi connectivity index (χ1v) is 5.90. The summed E-state index contributed by atoms with van der Waals surface area (Å²) in [6.07, 6.45) is 3.27. The SMILES string of the molecule is CN(C(=O)O)C1CCN(c2ccncc2F)CC1. The highest BCUT2D eigenvalue weighted by Gasteiger charge is 2.26. The summed E-state index contributed by atoms with van der Waals surface area (Å²) >= 11 is 0. The quantitative estimate of drug-likeness (QED) is 0.873. The lowest BCUT2D eigenvalue weighted by Gasteiger charge is -2.36. The summed E-state index contributed by atoms with van der Waals surface area (Å²) in [5, 5.41) is 8.91. The van der Waals surface area contributed by atoms with E-state index in [9.17, 15) is 9.18 Å². The van der Waals surface area contributed by atoms with Gasteiger partial charge in [-0.25, -0.2) is 9.18 Å². The Kier molecular flexibility index (Phi) is 3.64. The fraction of sp³-hybridized carbons (Fsp3) is 0.500. The minimum Gasteiger partial charge on any atom is -0.465 e. The number of hydrogen-bond donors (Lipinski definition) is 1. The summed E-state index contributed by atoms with van der Waals surface area (Å²) in [6, 6.07) is 1.67. The van der Waals surface area contributed by atoms with Crippen LogP contribution in [0.2, 0.25) is 0 Å². The molecular formula is C12H16FN3O2. The van der Waals surface area contributed by atoms with E-state index in [1.54, 1.807) is 19.3 Å². The summed E-state index contributed by atoms with van der Waals surface area (Å²) in [5.41, 5.74) is 0.543. The Balaban J connectivity index is 1.99. The number of nitrogens with zero attached hydrogens (tertiary/aromatic N) is 3. The molecular weight excluding hydrogens is 237 g/mol. The van der Waals surface area contributed by atoms with Crippen molar-refractivity contribution in [2.24, 2.45) is 0 Å². The third-order valence-corrected chi connectivity index (χ3v) is 3.41. The molecule has 1 amide bonds. The molecule has 2 rings (SSSR count). The number of carbonyl (C=O) groups is 1. The van der Waals surface area contributed by atoms with Gasteiger partial charge in [-0.3, -0.25) is 4.98 Å². The van der Waals surface area contributed by atoms with Crippen LogP contribution in [0.15, 0.2) is 18.5 Å². The molecule has 5 nitrogen and oxygen atoms in total. The normalized spacial score (nSPS) is 16.7. The van der Waals surface area contributed by atoms with E-state index < -0.39 is 6.09 Å². The third-order valence-electron chi connectivity index (χ3n) is 3.41. The maximum atomic E-state index is 13.5. The zero-order valence-electron chi connectivity index (χ0n) is 10.2. The Morgan fingerprint density at radius 2 is 2.22 bits per heavy atom. The van der Waals surface area contributed by atoms with Crippen molar-refractivity contribution in [3.05, 3.63) is 24.3 Å². The second-order valence-electron chi connectivity index (χ2n) is 4.44. The standard InChI is InChI=1S/C12H16FN3O2/c1-15(12(17)18)9-3-6-16(7-4-9)11-2-5-14-8-10(11)13/h2,5,8-9H,3-4,6-7H2,1H3,(H,17,18). The highest BCUT2D eigenvalue weighted by molar-refractivity contribution is 5.65. The summed E-state index contributed by atoms with van der Waals surface area (Å²) in [7, 11) is 1.58. The molecule has 0 radical (unpaired) electrons. The van der Waals surface area contributed by atoms with E-state index in [1.165, 1.54) is 11.1 Å². The largest absolute Gasteiger partial charge is 0.465 e. The maximum Gasteiger partial charge on any atom is 0.407 e. The Hall–Kier alpha value is -1.85. The van der Waals surface area contributed by atoms with Gasteiger partial charge in [-0.2, -0.15) is 0 Å². The van der Waals surface area contributed by atoms with Gasteiger partial charge in [0, 0.05) is 32.4 Å². The number of anilines is 1. The van der Waals surface area contributed by atoms with Crippen molar-refractivity contribution >= 4 is 11.8 Å². The molecule has 0 bridgehead atoms. The van der Waals surface area contributed by atoms with E-state index in [-0.39, 0.29) is 11.9 Å². The number of pyridine rings is 1. The van der Waals surface area contributed by atoms with E-state index in [0.29, 0.717) is 31.6 Å². The van der Waals surface area contributed by atoms with Gasteiger partial charge in [-0.15, -0.1) is 0 Å². The Labute approximate surface area is 105 Å². The number of piperidine rings is 1. The van der Waals surface area contributed by atoms with Gasteiger partial charge >= 0.3 is 6.09 Å². The van der Waals surface area contributed by atoms with Crippen molar-refractivity contribution in [3.63, 3.8) is 0 Å². The van der Waals surface area contributed by atoms with Crippen LogP contribution in [0.4, 0.5) is 14.9 Å². The first-order valence-electron chi connectivity index (χ1n) is 5.90. The van der Waals surface area contributed by atoms with Crippen molar-refractivity contribution in [1.82, 2.24) is 9.88 Å². The second kappa shape index (κ2) is 5.20. The highest BCUT2D eigenvalue weighted by atomic mass is 19.1. The van der Waals surface area contributed by atoms with Crippen LogP contribution < -0.4 is 4.90 Å². The number of carboxylic acid groups (broad SMARTS) is 1. The molecule has 0 saturated carbocycles. The highest BCUT2D eigenvalue weighted by Crippen LogP contribution is 2.23. The molecule has 1 saturated heterocycles. The van der Waals surface area contributed by atoms with Gasteiger partial charge in [0.25, 0.3) is 0 Å². The third kappa shape index (κ3) is 2.52. The Morgan fingerprint density at radius 1 is 1.56 bits per heavy atom. The summed E-state index contributed by atoms with van der Waals surface area (Å²) in [6.45, 7) is 1.31. The zero-order valence-corrected chi connectivity index (χ0v) is 10.2. The molecule has 6 heteroatoms. The Morgan fingerprint density at radius 3 is 2.78 bits per heavy atom. The molecule has 2 heterocycles. The van der Waals surface area contributed by atoms with Gasteiger partial charge < -0.3 is 14.9 Å². The van der Waals surface area contributed by atoms with Crippen LogP contribution in [0.25, 0.3) is 0 Å².